The van der Waals surface area contributed by atoms with Crippen LogP contribution in [-0.4, -0.2) is 18.9 Å². The monoisotopic (exact) mass is 356 g/mol. The van der Waals surface area contributed by atoms with Crippen LogP contribution in [0.3, 0.4) is 0 Å². The number of alkyl halides is 3. The number of halogens is 4. The number of anilines is 1. The maximum absolute atomic E-state index is 12.9. The fraction of sp³-hybridized carbons (Fsp3) is 0.200. The van der Waals surface area contributed by atoms with E-state index in [0.29, 0.717) is 17.9 Å². The summed E-state index contributed by atoms with van der Waals surface area (Å²) >= 11 is 0. The summed E-state index contributed by atoms with van der Waals surface area (Å²) in [7, 11) is 0. The van der Waals surface area contributed by atoms with Crippen molar-refractivity contribution in [1.29, 1.82) is 5.26 Å². The largest absolute Gasteiger partial charge is 0.416 e. The number of nitrogens with two attached hydrogens (primary N) is 1. The van der Waals surface area contributed by atoms with E-state index in [9.17, 15) is 18.4 Å². The lowest BCUT2D eigenvalue weighted by molar-refractivity contribution is -0.137. The number of benzene rings is 1. The summed E-state index contributed by atoms with van der Waals surface area (Å²) in [5, 5.41) is 14.7. The number of fused-ring (bicyclic) bond motifs is 1. The van der Waals surface area contributed by atoms with Crippen LogP contribution < -0.4 is 10.7 Å². The molecule has 0 spiro atoms. The average molecular weight is 357 g/mol. The van der Waals surface area contributed by atoms with Crippen molar-refractivity contribution in [2.45, 2.75) is 6.18 Å². The number of nitriles is 1. The summed E-state index contributed by atoms with van der Waals surface area (Å²) in [5.74, 6) is -0.0104. The smallest absolute Gasteiger partial charge is 0.383 e. The van der Waals surface area contributed by atoms with E-state index in [0.717, 1.165) is 17.1 Å². The molecular formula is C15H12ClF3N4O. The van der Waals surface area contributed by atoms with Crippen molar-refractivity contribution >= 4 is 23.8 Å². The van der Waals surface area contributed by atoms with Crippen LogP contribution in [0.1, 0.15) is 5.56 Å². The van der Waals surface area contributed by atoms with Gasteiger partial charge >= 0.3 is 6.18 Å². The van der Waals surface area contributed by atoms with Gasteiger partial charge in [-0.2, -0.15) is 23.5 Å². The quantitative estimate of drug-likeness (QED) is 0.839. The Morgan fingerprint density at radius 3 is 2.75 bits per heavy atom. The zero-order chi connectivity index (χ0) is 16.6. The van der Waals surface area contributed by atoms with Crippen molar-refractivity contribution < 1.29 is 17.9 Å². The number of rotatable bonds is 1. The van der Waals surface area contributed by atoms with Crippen LogP contribution in [0.4, 0.5) is 18.9 Å². The van der Waals surface area contributed by atoms with Crippen LogP contribution in [0.2, 0.25) is 0 Å². The highest BCUT2D eigenvalue weighted by Gasteiger charge is 2.32. The summed E-state index contributed by atoms with van der Waals surface area (Å²) in [5.41, 5.74) is 6.46. The summed E-state index contributed by atoms with van der Waals surface area (Å²) in [6.07, 6.45) is -2.80. The number of nitrogens with zero attached hydrogens (tertiary/aromatic N) is 3. The summed E-state index contributed by atoms with van der Waals surface area (Å²) in [6, 6.07) is 6.59. The van der Waals surface area contributed by atoms with E-state index in [2.05, 4.69) is 5.10 Å². The standard InChI is InChI=1S/C15H11F3N4O.ClH/c16-15(17,18)9-2-1-3-10(6-9)22-14(20)12(7-19)11-4-5-23-8-13(11)21-22;/h1-4,6H,5,8,20H2;1H. The number of hydrazone groups is 1. The second-order valence-electron chi connectivity index (χ2n) is 4.91. The zero-order valence-electron chi connectivity index (χ0n) is 12.2. The Morgan fingerprint density at radius 1 is 1.33 bits per heavy atom. The minimum absolute atomic E-state index is 0. The summed E-state index contributed by atoms with van der Waals surface area (Å²) < 4.78 is 43.8. The van der Waals surface area contributed by atoms with Gasteiger partial charge in [0.2, 0.25) is 0 Å². The third kappa shape index (κ3) is 3.09. The highest BCUT2D eigenvalue weighted by atomic mass is 35.5. The van der Waals surface area contributed by atoms with E-state index >= 15 is 0 Å². The molecule has 0 bridgehead atoms. The predicted octanol–water partition coefficient (Wildman–Crippen LogP) is 2.95. The van der Waals surface area contributed by atoms with Gasteiger partial charge in [0.05, 0.1) is 30.2 Å². The Morgan fingerprint density at radius 2 is 2.08 bits per heavy atom. The molecular weight excluding hydrogens is 345 g/mol. The van der Waals surface area contributed by atoms with Crippen LogP contribution in [0.15, 0.2) is 52.4 Å². The highest BCUT2D eigenvalue weighted by Crippen LogP contribution is 2.34. The minimum Gasteiger partial charge on any atom is -0.383 e. The van der Waals surface area contributed by atoms with E-state index in [1.807, 2.05) is 6.07 Å². The second-order valence-corrected chi connectivity index (χ2v) is 4.91. The molecule has 0 aromatic heterocycles. The van der Waals surface area contributed by atoms with Crippen molar-refractivity contribution in [3.05, 3.63) is 52.9 Å². The molecule has 2 aliphatic heterocycles. The molecule has 0 saturated carbocycles. The van der Waals surface area contributed by atoms with Crippen LogP contribution in [-0.2, 0) is 10.9 Å². The van der Waals surface area contributed by atoms with E-state index in [1.165, 1.54) is 12.1 Å². The average Bonchev–Trinajstić information content (AvgIpc) is 2.53. The zero-order valence-corrected chi connectivity index (χ0v) is 13.0. The molecule has 5 nitrogen and oxygen atoms in total. The minimum atomic E-state index is -4.48. The van der Waals surface area contributed by atoms with Crippen molar-refractivity contribution in [3.8, 4) is 6.07 Å². The second kappa shape index (κ2) is 6.55. The molecule has 0 aliphatic carbocycles. The van der Waals surface area contributed by atoms with E-state index in [4.69, 9.17) is 10.5 Å². The number of ether oxygens (including phenoxy) is 1. The van der Waals surface area contributed by atoms with Crippen LogP contribution in [0.25, 0.3) is 0 Å². The molecule has 0 atom stereocenters. The van der Waals surface area contributed by atoms with E-state index in [-0.39, 0.29) is 36.1 Å². The number of allylic oxidation sites excluding steroid dienone is 1. The van der Waals surface area contributed by atoms with Crippen LogP contribution >= 0.6 is 12.4 Å². The molecule has 24 heavy (non-hydrogen) atoms. The lowest BCUT2D eigenvalue weighted by Crippen LogP contribution is -2.34. The van der Waals surface area contributed by atoms with Crippen molar-refractivity contribution in [2.24, 2.45) is 10.8 Å². The lowest BCUT2D eigenvalue weighted by Gasteiger charge is -2.29. The normalized spacial score (nSPS) is 17.3. The fourth-order valence-corrected chi connectivity index (χ4v) is 2.37. The third-order valence-electron chi connectivity index (χ3n) is 3.46. The van der Waals surface area contributed by atoms with Gasteiger partial charge in [0.1, 0.15) is 17.5 Å². The van der Waals surface area contributed by atoms with Gasteiger partial charge in [-0.25, -0.2) is 5.01 Å². The first-order valence-corrected chi connectivity index (χ1v) is 6.65. The molecule has 0 radical (unpaired) electrons. The van der Waals surface area contributed by atoms with Crippen LogP contribution in [0.5, 0.6) is 0 Å². The molecule has 2 heterocycles. The first kappa shape index (κ1) is 17.8. The Hall–Kier alpha value is -2.50. The van der Waals surface area contributed by atoms with E-state index < -0.39 is 11.7 Å². The molecule has 0 unspecified atom stereocenters. The Bertz CT molecular complexity index is 793. The van der Waals surface area contributed by atoms with Gasteiger partial charge in [0, 0.05) is 5.57 Å². The van der Waals surface area contributed by atoms with E-state index in [1.54, 1.807) is 6.08 Å². The molecule has 2 aliphatic rings. The number of hydrogen-bond acceptors (Lipinski definition) is 5. The topological polar surface area (TPSA) is 74.6 Å². The van der Waals surface area contributed by atoms with Gasteiger partial charge in [-0.15, -0.1) is 12.4 Å². The molecule has 3 rings (SSSR count). The molecule has 0 amide bonds. The van der Waals surface area contributed by atoms with Crippen LogP contribution in [0, 0.1) is 11.3 Å². The molecule has 126 valence electrons. The lowest BCUT2D eigenvalue weighted by atomic mass is 9.99. The van der Waals surface area contributed by atoms with Gasteiger partial charge in [-0.3, -0.25) is 0 Å². The van der Waals surface area contributed by atoms with Crippen molar-refractivity contribution in [1.82, 2.24) is 0 Å². The van der Waals surface area contributed by atoms with Gasteiger partial charge < -0.3 is 10.5 Å². The summed E-state index contributed by atoms with van der Waals surface area (Å²) in [4.78, 5) is 0. The Labute approximate surface area is 141 Å². The first-order chi connectivity index (χ1) is 10.9. The van der Waals surface area contributed by atoms with Gasteiger partial charge in [0.15, 0.2) is 0 Å². The molecule has 1 aromatic carbocycles. The maximum Gasteiger partial charge on any atom is 0.416 e. The van der Waals surface area contributed by atoms with Crippen molar-refractivity contribution in [3.63, 3.8) is 0 Å². The first-order valence-electron chi connectivity index (χ1n) is 6.65. The molecule has 1 aromatic rings. The molecule has 0 fully saturated rings. The molecule has 9 heteroatoms. The van der Waals surface area contributed by atoms with Gasteiger partial charge in [0.25, 0.3) is 0 Å². The SMILES string of the molecule is Cl.N#CC1=C(N)N(c2cccc(C(F)(F)F)c2)N=C2COCC=C21. The maximum atomic E-state index is 12.9. The molecule has 2 N–H and O–H groups in total. The summed E-state index contributed by atoms with van der Waals surface area (Å²) in [6.45, 7) is 0.496. The number of hydrogen-bond donors (Lipinski definition) is 1. The molecule has 0 saturated heterocycles. The highest BCUT2D eigenvalue weighted by molar-refractivity contribution is 6.08. The van der Waals surface area contributed by atoms with Crippen molar-refractivity contribution in [2.75, 3.05) is 18.2 Å². The van der Waals surface area contributed by atoms with Gasteiger partial charge in [-0.05, 0) is 24.3 Å². The predicted molar refractivity (Wildman–Crippen MR) is 84.3 cm³/mol. The Kier molecular flexibility index (Phi) is 4.87. The third-order valence-corrected chi connectivity index (χ3v) is 3.46. The Balaban J connectivity index is 0.00000208. The fourth-order valence-electron chi connectivity index (χ4n) is 2.37. The van der Waals surface area contributed by atoms with Gasteiger partial charge in [-0.1, -0.05) is 6.07 Å².